The largest absolute Gasteiger partial charge is 0.380 e. The van der Waals surface area contributed by atoms with Gasteiger partial charge in [0.1, 0.15) is 0 Å². The number of nitrogens with two attached hydrogens (primary N) is 1. The maximum absolute atomic E-state index is 11.9. The van der Waals surface area contributed by atoms with Crippen LogP contribution in [0.1, 0.15) is 34.1 Å². The lowest BCUT2D eigenvalue weighted by Gasteiger charge is -2.23. The van der Waals surface area contributed by atoms with Gasteiger partial charge in [-0.25, -0.2) is 0 Å². The summed E-state index contributed by atoms with van der Waals surface area (Å²) in [7, 11) is 0. The van der Waals surface area contributed by atoms with Crippen LogP contribution in [0.5, 0.6) is 0 Å². The summed E-state index contributed by atoms with van der Waals surface area (Å²) in [6.07, 6.45) is 0.630. The molecule has 0 unspecified atom stereocenters. The molecule has 0 bridgehead atoms. The fraction of sp³-hybridized carbons (Fsp3) is 0.941. The van der Waals surface area contributed by atoms with Gasteiger partial charge >= 0.3 is 0 Å². The lowest BCUT2D eigenvalue weighted by atomic mass is 9.90. The molecule has 0 saturated heterocycles. The van der Waals surface area contributed by atoms with E-state index in [1.807, 2.05) is 27.7 Å². The first-order chi connectivity index (χ1) is 11.9. The van der Waals surface area contributed by atoms with Gasteiger partial charge in [0.05, 0.1) is 52.4 Å². The number of carbonyl (C=O) groups excluding carboxylic acids is 1. The van der Waals surface area contributed by atoms with Crippen molar-refractivity contribution >= 4 is 5.91 Å². The molecule has 1 amide bonds. The molecule has 0 aliphatic heterocycles. The second kappa shape index (κ2) is 15.5. The smallest absolute Gasteiger partial charge is 0.220 e. The molecule has 0 aliphatic carbocycles. The predicted octanol–water partition coefficient (Wildman–Crippen LogP) is 0.457. The van der Waals surface area contributed by atoms with E-state index in [4.69, 9.17) is 24.8 Å². The Bertz CT molecular complexity index is 327. The summed E-state index contributed by atoms with van der Waals surface area (Å²) in [5.41, 5.74) is 2.31. The summed E-state index contributed by atoms with van der Waals surface area (Å²) in [4.78, 5) is 11.9. The van der Waals surface area contributed by atoms with Crippen LogP contribution in [0, 0.1) is 5.41 Å². The lowest BCUT2D eigenvalue weighted by molar-refractivity contribution is -0.124. The third-order valence-electron chi connectivity index (χ3n) is 3.14. The van der Waals surface area contributed by atoms with Gasteiger partial charge in [-0.2, -0.15) is 0 Å². The molecule has 8 nitrogen and oxygen atoms in total. The van der Waals surface area contributed by atoms with Crippen molar-refractivity contribution in [2.24, 2.45) is 11.3 Å². The summed E-state index contributed by atoms with van der Waals surface area (Å²) >= 11 is 0. The normalized spacial score (nSPS) is 11.9. The molecule has 0 aromatic heterocycles. The average molecular weight is 363 g/mol. The van der Waals surface area contributed by atoms with Crippen LogP contribution in [0.3, 0.4) is 0 Å². The van der Waals surface area contributed by atoms with Gasteiger partial charge in [-0.05, 0) is 19.3 Å². The standard InChI is InChI=1S/C17H37N3O5/c1-15(2)25-12-11-23-10-9-22-7-5-19-16(21)13-17(3,4)14-24-8-6-20-18/h15,20H,5-14,18H2,1-4H3,(H,19,21). The summed E-state index contributed by atoms with van der Waals surface area (Å²) in [6.45, 7) is 12.8. The topological polar surface area (TPSA) is 104 Å². The third-order valence-corrected chi connectivity index (χ3v) is 3.14. The average Bonchev–Trinajstić information content (AvgIpc) is 2.52. The van der Waals surface area contributed by atoms with E-state index in [0.29, 0.717) is 65.8 Å². The zero-order valence-electron chi connectivity index (χ0n) is 16.3. The van der Waals surface area contributed by atoms with E-state index in [1.165, 1.54) is 0 Å². The first kappa shape index (κ1) is 24.2. The molecular formula is C17H37N3O5. The fourth-order valence-corrected chi connectivity index (χ4v) is 1.96. The number of nitrogens with one attached hydrogen (secondary N) is 2. The second-order valence-corrected chi connectivity index (χ2v) is 6.84. The van der Waals surface area contributed by atoms with Crippen LogP contribution in [-0.4, -0.2) is 71.3 Å². The minimum Gasteiger partial charge on any atom is -0.380 e. The van der Waals surface area contributed by atoms with Gasteiger partial charge in [0.15, 0.2) is 0 Å². The first-order valence-corrected chi connectivity index (χ1v) is 8.92. The highest BCUT2D eigenvalue weighted by molar-refractivity contribution is 5.76. The molecule has 0 aliphatic rings. The molecule has 0 radical (unpaired) electrons. The van der Waals surface area contributed by atoms with E-state index in [0.717, 1.165) is 0 Å². The molecule has 4 N–H and O–H groups in total. The van der Waals surface area contributed by atoms with Gasteiger partial charge in [-0.3, -0.25) is 16.1 Å². The van der Waals surface area contributed by atoms with Gasteiger partial charge < -0.3 is 24.3 Å². The molecule has 25 heavy (non-hydrogen) atoms. The molecule has 0 atom stereocenters. The van der Waals surface area contributed by atoms with Gasteiger partial charge in [0, 0.05) is 19.5 Å². The van der Waals surface area contributed by atoms with Crippen molar-refractivity contribution in [3.05, 3.63) is 0 Å². The number of hydrogen-bond acceptors (Lipinski definition) is 7. The predicted molar refractivity (Wildman–Crippen MR) is 97.1 cm³/mol. The number of rotatable bonds is 17. The van der Waals surface area contributed by atoms with Crippen molar-refractivity contribution in [1.29, 1.82) is 0 Å². The summed E-state index contributed by atoms with van der Waals surface area (Å²) in [5, 5.41) is 2.85. The molecule has 8 heteroatoms. The minimum atomic E-state index is -0.217. The van der Waals surface area contributed by atoms with Crippen molar-refractivity contribution in [3.8, 4) is 0 Å². The number of ether oxygens (including phenoxy) is 4. The van der Waals surface area contributed by atoms with E-state index < -0.39 is 0 Å². The molecule has 0 aromatic carbocycles. The maximum Gasteiger partial charge on any atom is 0.220 e. The molecule has 0 rings (SSSR count). The molecule has 150 valence electrons. The number of amides is 1. The molecule has 0 spiro atoms. The lowest BCUT2D eigenvalue weighted by Crippen LogP contribution is -2.34. The third kappa shape index (κ3) is 17.8. The Morgan fingerprint density at radius 1 is 0.960 bits per heavy atom. The monoisotopic (exact) mass is 363 g/mol. The van der Waals surface area contributed by atoms with Gasteiger partial charge in [-0.1, -0.05) is 13.8 Å². The summed E-state index contributed by atoms with van der Waals surface area (Å²) in [5.74, 6) is 5.17. The Balaban J connectivity index is 3.48. The highest BCUT2D eigenvalue weighted by atomic mass is 16.5. The Labute approximate surface area is 152 Å². The Morgan fingerprint density at radius 2 is 1.56 bits per heavy atom. The zero-order valence-corrected chi connectivity index (χ0v) is 16.3. The Kier molecular flexibility index (Phi) is 15.0. The summed E-state index contributed by atoms with van der Waals surface area (Å²) < 4.78 is 21.6. The van der Waals surface area contributed by atoms with Gasteiger partial charge in [0.2, 0.25) is 5.91 Å². The van der Waals surface area contributed by atoms with Crippen LogP contribution in [0.25, 0.3) is 0 Å². The molecule has 0 saturated carbocycles. The summed E-state index contributed by atoms with van der Waals surface area (Å²) in [6, 6.07) is 0. The van der Waals surface area contributed by atoms with Gasteiger partial charge in [0.25, 0.3) is 0 Å². The minimum absolute atomic E-state index is 0.00349. The number of hydrogen-bond donors (Lipinski definition) is 3. The first-order valence-electron chi connectivity index (χ1n) is 8.92. The maximum atomic E-state index is 11.9. The van der Waals surface area contributed by atoms with E-state index in [9.17, 15) is 4.79 Å². The molecule has 0 heterocycles. The number of carbonyl (C=O) groups is 1. The molecular weight excluding hydrogens is 326 g/mol. The Morgan fingerprint density at radius 3 is 2.20 bits per heavy atom. The molecule has 0 aromatic rings. The zero-order chi connectivity index (χ0) is 19.0. The van der Waals surface area contributed by atoms with Crippen LogP contribution >= 0.6 is 0 Å². The van der Waals surface area contributed by atoms with Crippen LogP contribution in [0.4, 0.5) is 0 Å². The van der Waals surface area contributed by atoms with Crippen molar-refractivity contribution in [3.63, 3.8) is 0 Å². The quantitative estimate of drug-likeness (QED) is 0.196. The van der Waals surface area contributed by atoms with Crippen molar-refractivity contribution in [1.82, 2.24) is 10.7 Å². The SMILES string of the molecule is CC(C)OCCOCCOCCNC(=O)CC(C)(C)COCCNN. The van der Waals surface area contributed by atoms with Crippen LogP contribution in [0.15, 0.2) is 0 Å². The van der Waals surface area contributed by atoms with Crippen LogP contribution in [0.2, 0.25) is 0 Å². The highest BCUT2D eigenvalue weighted by Gasteiger charge is 2.22. The Hall–Kier alpha value is -0.770. The molecule has 0 fully saturated rings. The number of hydrazine groups is 1. The van der Waals surface area contributed by atoms with Gasteiger partial charge in [-0.15, -0.1) is 0 Å². The van der Waals surface area contributed by atoms with Crippen molar-refractivity contribution in [2.75, 3.05) is 59.3 Å². The van der Waals surface area contributed by atoms with Crippen LogP contribution in [-0.2, 0) is 23.7 Å². The highest BCUT2D eigenvalue weighted by Crippen LogP contribution is 2.20. The van der Waals surface area contributed by atoms with E-state index in [2.05, 4.69) is 10.7 Å². The van der Waals surface area contributed by atoms with E-state index in [1.54, 1.807) is 0 Å². The van der Waals surface area contributed by atoms with Crippen molar-refractivity contribution < 1.29 is 23.7 Å². The fourth-order valence-electron chi connectivity index (χ4n) is 1.96. The van der Waals surface area contributed by atoms with Crippen LogP contribution < -0.4 is 16.6 Å². The van der Waals surface area contributed by atoms with E-state index >= 15 is 0 Å². The van der Waals surface area contributed by atoms with Crippen molar-refractivity contribution in [2.45, 2.75) is 40.2 Å². The second-order valence-electron chi connectivity index (χ2n) is 6.84. The van der Waals surface area contributed by atoms with E-state index in [-0.39, 0.29) is 17.4 Å².